The summed E-state index contributed by atoms with van der Waals surface area (Å²) in [5.74, 6) is -0.654. The molecule has 4 rings (SSSR count). The number of methoxy groups -OCH3 is 1. The van der Waals surface area contributed by atoms with Crippen LogP contribution in [0.25, 0.3) is 16.6 Å². The summed E-state index contributed by atoms with van der Waals surface area (Å²) in [4.78, 5) is 41.8. The van der Waals surface area contributed by atoms with Gasteiger partial charge in [-0.15, -0.1) is 0 Å². The van der Waals surface area contributed by atoms with Crippen LogP contribution in [0.15, 0.2) is 88.8 Å². The van der Waals surface area contributed by atoms with Crippen molar-refractivity contribution in [3.05, 3.63) is 94.8 Å². The molecule has 3 aromatic carbocycles. The van der Waals surface area contributed by atoms with Crippen molar-refractivity contribution in [3.63, 3.8) is 0 Å². The molecule has 8 heteroatoms. The van der Waals surface area contributed by atoms with Gasteiger partial charge in [-0.25, -0.2) is 9.78 Å². The van der Waals surface area contributed by atoms with E-state index in [2.05, 4.69) is 15.0 Å². The molecule has 0 aliphatic heterocycles. The summed E-state index contributed by atoms with van der Waals surface area (Å²) in [6.45, 7) is 0. The second kappa shape index (κ2) is 9.49. The van der Waals surface area contributed by atoms with Crippen molar-refractivity contribution in [1.29, 1.82) is 0 Å². The summed E-state index contributed by atoms with van der Waals surface area (Å²) in [6.07, 6.45) is 0. The van der Waals surface area contributed by atoms with Gasteiger partial charge in [0.1, 0.15) is 0 Å². The maximum Gasteiger partial charge on any atom is 0.337 e. The van der Waals surface area contributed by atoms with E-state index in [1.165, 1.54) is 23.4 Å². The molecule has 0 unspecified atom stereocenters. The zero-order chi connectivity index (χ0) is 22.5. The number of nitrogens with zero attached hydrogens (tertiary/aromatic N) is 2. The number of hydrogen-bond acceptors (Lipinski definition) is 6. The monoisotopic (exact) mass is 445 g/mol. The van der Waals surface area contributed by atoms with Crippen LogP contribution in [0.3, 0.4) is 0 Å². The van der Waals surface area contributed by atoms with Crippen LogP contribution in [0.2, 0.25) is 0 Å². The lowest BCUT2D eigenvalue weighted by Crippen LogP contribution is -2.22. The van der Waals surface area contributed by atoms with E-state index in [9.17, 15) is 14.4 Å². The highest BCUT2D eigenvalue weighted by molar-refractivity contribution is 7.99. The number of thioether (sulfide) groups is 1. The van der Waals surface area contributed by atoms with Gasteiger partial charge in [-0.1, -0.05) is 42.1 Å². The Hall–Kier alpha value is -3.91. The molecule has 1 N–H and O–H groups in total. The molecule has 160 valence electrons. The molecular formula is C24H19N3O4S. The first-order valence-electron chi connectivity index (χ1n) is 9.75. The van der Waals surface area contributed by atoms with E-state index in [1.54, 1.807) is 42.5 Å². The van der Waals surface area contributed by atoms with Crippen LogP contribution in [0.4, 0.5) is 5.69 Å². The molecule has 32 heavy (non-hydrogen) atoms. The number of benzene rings is 3. The van der Waals surface area contributed by atoms with E-state index < -0.39 is 5.97 Å². The van der Waals surface area contributed by atoms with E-state index in [-0.39, 0.29) is 17.2 Å². The van der Waals surface area contributed by atoms with Gasteiger partial charge in [0.05, 0.1) is 35.0 Å². The Morgan fingerprint density at radius 1 is 0.969 bits per heavy atom. The molecule has 0 spiro atoms. The highest BCUT2D eigenvalue weighted by atomic mass is 32.2. The summed E-state index contributed by atoms with van der Waals surface area (Å²) in [7, 11) is 1.31. The predicted octanol–water partition coefficient (Wildman–Crippen LogP) is 3.90. The number of para-hydroxylation sites is 2. The van der Waals surface area contributed by atoms with Gasteiger partial charge in [0, 0.05) is 5.69 Å². The van der Waals surface area contributed by atoms with Crippen LogP contribution in [-0.2, 0) is 9.53 Å². The fourth-order valence-electron chi connectivity index (χ4n) is 3.15. The lowest BCUT2D eigenvalue weighted by atomic mass is 10.2. The number of carbonyl (C=O) groups is 2. The van der Waals surface area contributed by atoms with Crippen LogP contribution in [0, 0.1) is 0 Å². The average Bonchev–Trinajstić information content (AvgIpc) is 2.83. The van der Waals surface area contributed by atoms with Gasteiger partial charge < -0.3 is 10.1 Å². The number of aromatic nitrogens is 2. The molecule has 1 heterocycles. The van der Waals surface area contributed by atoms with Crippen molar-refractivity contribution in [3.8, 4) is 5.69 Å². The second-order valence-corrected chi connectivity index (χ2v) is 7.74. The first-order valence-corrected chi connectivity index (χ1v) is 10.7. The van der Waals surface area contributed by atoms with E-state index in [0.29, 0.717) is 33.0 Å². The van der Waals surface area contributed by atoms with Gasteiger partial charge in [0.15, 0.2) is 5.16 Å². The summed E-state index contributed by atoms with van der Waals surface area (Å²) >= 11 is 1.18. The lowest BCUT2D eigenvalue weighted by Gasteiger charge is -2.13. The molecule has 1 amide bonds. The first kappa shape index (κ1) is 21.3. The quantitative estimate of drug-likeness (QED) is 0.275. The molecule has 0 bridgehead atoms. The predicted molar refractivity (Wildman–Crippen MR) is 124 cm³/mol. The topological polar surface area (TPSA) is 90.3 Å². The Labute approximate surface area is 188 Å². The van der Waals surface area contributed by atoms with Gasteiger partial charge >= 0.3 is 5.97 Å². The lowest BCUT2D eigenvalue weighted by molar-refractivity contribution is -0.113. The largest absolute Gasteiger partial charge is 0.465 e. The number of carbonyl (C=O) groups excluding carboxylic acids is 2. The summed E-state index contributed by atoms with van der Waals surface area (Å²) in [5.41, 5.74) is 2.01. The average molecular weight is 446 g/mol. The molecule has 1 aromatic heterocycles. The molecule has 4 aromatic rings. The smallest absolute Gasteiger partial charge is 0.337 e. The van der Waals surface area contributed by atoms with Gasteiger partial charge in [-0.05, 0) is 48.5 Å². The molecule has 0 fully saturated rings. The third kappa shape index (κ3) is 4.55. The SMILES string of the molecule is COC(=O)c1ccc(NC(=O)CSc2nc3ccccc3c(=O)n2-c2ccccc2)cc1. The number of nitrogens with one attached hydrogen (secondary N) is 1. The fourth-order valence-corrected chi connectivity index (χ4v) is 3.96. The Bertz CT molecular complexity index is 1340. The van der Waals surface area contributed by atoms with E-state index in [0.717, 1.165) is 0 Å². The summed E-state index contributed by atoms with van der Waals surface area (Å²) < 4.78 is 6.19. The summed E-state index contributed by atoms with van der Waals surface area (Å²) in [5, 5.41) is 3.72. The van der Waals surface area contributed by atoms with Gasteiger partial charge in [-0.2, -0.15) is 0 Å². The standard InChI is InChI=1S/C24H19N3O4S/c1-31-23(30)16-11-13-17(14-12-16)25-21(28)15-32-24-26-20-10-6-5-9-19(20)22(29)27(24)18-7-3-2-4-8-18/h2-14H,15H2,1H3,(H,25,28). The molecule has 0 atom stereocenters. The van der Waals surface area contributed by atoms with Crippen LogP contribution in [0.5, 0.6) is 0 Å². The molecule has 7 nitrogen and oxygen atoms in total. The van der Waals surface area contributed by atoms with E-state index in [4.69, 9.17) is 0 Å². The fraction of sp³-hybridized carbons (Fsp3) is 0.0833. The second-order valence-electron chi connectivity index (χ2n) is 6.79. The van der Waals surface area contributed by atoms with Crippen molar-refractivity contribution >= 4 is 40.2 Å². The van der Waals surface area contributed by atoms with Crippen LogP contribution < -0.4 is 10.9 Å². The van der Waals surface area contributed by atoms with Crippen molar-refractivity contribution < 1.29 is 14.3 Å². The molecule has 0 saturated carbocycles. The maximum atomic E-state index is 13.2. The van der Waals surface area contributed by atoms with Gasteiger partial charge in [0.25, 0.3) is 5.56 Å². The number of rotatable bonds is 6. The minimum atomic E-state index is -0.445. The third-order valence-electron chi connectivity index (χ3n) is 4.68. The minimum absolute atomic E-state index is 0.0520. The zero-order valence-corrected chi connectivity index (χ0v) is 18.0. The molecule has 0 aliphatic carbocycles. The number of hydrogen-bond donors (Lipinski definition) is 1. The normalized spacial score (nSPS) is 10.7. The number of fused-ring (bicyclic) bond motifs is 1. The Balaban J connectivity index is 1.57. The number of anilines is 1. The number of amides is 1. The summed E-state index contributed by atoms with van der Waals surface area (Å²) in [6, 6.07) is 22.7. The van der Waals surface area contributed by atoms with Gasteiger partial charge in [-0.3, -0.25) is 14.2 Å². The van der Waals surface area contributed by atoms with E-state index >= 15 is 0 Å². The van der Waals surface area contributed by atoms with Gasteiger partial charge in [0.2, 0.25) is 5.91 Å². The van der Waals surface area contributed by atoms with Crippen molar-refractivity contribution in [1.82, 2.24) is 9.55 Å². The third-order valence-corrected chi connectivity index (χ3v) is 5.62. The Morgan fingerprint density at radius 3 is 2.38 bits per heavy atom. The number of esters is 1. The van der Waals surface area contributed by atoms with Crippen LogP contribution in [-0.4, -0.2) is 34.3 Å². The molecule has 0 radical (unpaired) electrons. The van der Waals surface area contributed by atoms with Crippen molar-refractivity contribution in [2.45, 2.75) is 5.16 Å². The molecular weight excluding hydrogens is 426 g/mol. The zero-order valence-electron chi connectivity index (χ0n) is 17.1. The highest BCUT2D eigenvalue weighted by Gasteiger charge is 2.15. The highest BCUT2D eigenvalue weighted by Crippen LogP contribution is 2.21. The molecule has 0 aliphatic rings. The van der Waals surface area contributed by atoms with Crippen molar-refractivity contribution in [2.75, 3.05) is 18.2 Å². The first-order chi connectivity index (χ1) is 15.6. The van der Waals surface area contributed by atoms with Crippen molar-refractivity contribution in [2.24, 2.45) is 0 Å². The molecule has 0 saturated heterocycles. The minimum Gasteiger partial charge on any atom is -0.465 e. The Kier molecular flexibility index (Phi) is 6.32. The maximum absolute atomic E-state index is 13.2. The number of ether oxygens (including phenoxy) is 1. The van der Waals surface area contributed by atoms with E-state index in [1.807, 2.05) is 36.4 Å². The Morgan fingerprint density at radius 2 is 1.66 bits per heavy atom. The van der Waals surface area contributed by atoms with Crippen LogP contribution in [0.1, 0.15) is 10.4 Å². The van der Waals surface area contributed by atoms with Crippen LogP contribution >= 0.6 is 11.8 Å².